The summed E-state index contributed by atoms with van der Waals surface area (Å²) in [6.45, 7) is 1.59. The molecular weight excluding hydrogens is 289 g/mol. The van der Waals surface area contributed by atoms with Gasteiger partial charge in [-0.25, -0.2) is 4.39 Å². The Morgan fingerprint density at radius 1 is 1.47 bits per heavy atom. The van der Waals surface area contributed by atoms with Crippen molar-refractivity contribution in [1.29, 1.82) is 0 Å². The average molecular weight is 300 g/mol. The van der Waals surface area contributed by atoms with Gasteiger partial charge >= 0.3 is 0 Å². The monoisotopic (exact) mass is 299 g/mol. The van der Waals surface area contributed by atoms with Crippen LogP contribution in [0.15, 0.2) is 16.6 Å². The maximum absolute atomic E-state index is 13.6. The molecule has 1 aromatic carbocycles. The number of anilines is 1. The Labute approximate surface area is 106 Å². The number of halogens is 2. The van der Waals surface area contributed by atoms with Crippen molar-refractivity contribution in [2.75, 3.05) is 5.73 Å². The molecule has 0 spiro atoms. The molecule has 0 fully saturated rings. The number of hydrogen-bond donors (Lipinski definition) is 2. The van der Waals surface area contributed by atoms with Gasteiger partial charge in [0, 0.05) is 13.1 Å². The Hall–Kier alpha value is -1.56. The van der Waals surface area contributed by atoms with Crippen LogP contribution in [0.3, 0.4) is 0 Å². The number of aromatic hydroxyl groups is 1. The molecule has 0 atom stereocenters. The fourth-order valence-corrected chi connectivity index (χ4v) is 2.02. The average Bonchev–Trinajstić information content (AvgIpc) is 2.57. The standard InChI is InChI=1S/C11H11BrFN3O/c1-5-7(13)3-6(12)11(17)10(5)8-4-9(14)16(2)15-8/h3-4,17H,14H2,1-2H3. The zero-order chi connectivity index (χ0) is 12.7. The second kappa shape index (κ2) is 4.03. The molecule has 1 heterocycles. The zero-order valence-corrected chi connectivity index (χ0v) is 10.9. The van der Waals surface area contributed by atoms with E-state index < -0.39 is 5.82 Å². The van der Waals surface area contributed by atoms with E-state index in [2.05, 4.69) is 21.0 Å². The predicted octanol–water partition coefficient (Wildman–Crippen LogP) is 2.58. The molecule has 0 aliphatic heterocycles. The van der Waals surface area contributed by atoms with E-state index in [1.54, 1.807) is 20.0 Å². The number of aryl methyl sites for hydroxylation is 1. The molecule has 2 rings (SSSR count). The lowest BCUT2D eigenvalue weighted by Crippen LogP contribution is -1.97. The third-order valence-corrected chi connectivity index (χ3v) is 3.23. The van der Waals surface area contributed by atoms with E-state index >= 15 is 0 Å². The van der Waals surface area contributed by atoms with Crippen LogP contribution < -0.4 is 5.73 Å². The van der Waals surface area contributed by atoms with Crippen molar-refractivity contribution in [2.45, 2.75) is 6.92 Å². The molecule has 0 bridgehead atoms. The van der Waals surface area contributed by atoms with E-state index in [4.69, 9.17) is 5.73 Å². The molecular formula is C11H11BrFN3O. The second-order valence-electron chi connectivity index (χ2n) is 3.77. The summed E-state index contributed by atoms with van der Waals surface area (Å²) in [7, 11) is 1.68. The highest BCUT2D eigenvalue weighted by Crippen LogP contribution is 2.39. The number of nitrogens with two attached hydrogens (primary N) is 1. The highest BCUT2D eigenvalue weighted by atomic mass is 79.9. The Morgan fingerprint density at radius 3 is 2.65 bits per heavy atom. The van der Waals surface area contributed by atoms with Gasteiger partial charge in [0.1, 0.15) is 17.4 Å². The molecule has 0 saturated carbocycles. The van der Waals surface area contributed by atoms with Crippen molar-refractivity contribution in [3.8, 4) is 17.0 Å². The van der Waals surface area contributed by atoms with E-state index in [1.807, 2.05) is 0 Å². The van der Waals surface area contributed by atoms with Crippen LogP contribution in [0.25, 0.3) is 11.3 Å². The summed E-state index contributed by atoms with van der Waals surface area (Å²) in [6, 6.07) is 2.81. The van der Waals surface area contributed by atoms with Crippen molar-refractivity contribution in [1.82, 2.24) is 9.78 Å². The van der Waals surface area contributed by atoms with E-state index in [1.165, 1.54) is 10.7 Å². The number of nitrogen functional groups attached to an aromatic ring is 1. The summed E-state index contributed by atoms with van der Waals surface area (Å²) in [5.74, 6) is -0.00455. The van der Waals surface area contributed by atoms with Crippen LogP contribution in [0.5, 0.6) is 5.75 Å². The Balaban J connectivity index is 2.74. The first kappa shape index (κ1) is 11.9. The van der Waals surface area contributed by atoms with Crippen molar-refractivity contribution in [3.05, 3.63) is 28.0 Å². The Kier molecular flexibility index (Phi) is 2.82. The zero-order valence-electron chi connectivity index (χ0n) is 9.33. The molecule has 0 saturated heterocycles. The fraction of sp³-hybridized carbons (Fsp3) is 0.182. The van der Waals surface area contributed by atoms with Gasteiger partial charge in [-0.2, -0.15) is 5.10 Å². The first-order chi connectivity index (χ1) is 7.91. The van der Waals surface area contributed by atoms with Gasteiger partial charge in [0.25, 0.3) is 0 Å². The van der Waals surface area contributed by atoms with Crippen molar-refractivity contribution in [3.63, 3.8) is 0 Å². The van der Waals surface area contributed by atoms with Crippen LogP contribution >= 0.6 is 15.9 Å². The van der Waals surface area contributed by atoms with Crippen LogP contribution in [0, 0.1) is 12.7 Å². The third-order valence-electron chi connectivity index (χ3n) is 2.62. The molecule has 0 aliphatic carbocycles. The SMILES string of the molecule is Cc1c(F)cc(Br)c(O)c1-c1cc(N)n(C)n1. The molecule has 1 aromatic heterocycles. The van der Waals surface area contributed by atoms with Crippen LogP contribution in [0.2, 0.25) is 0 Å². The maximum Gasteiger partial charge on any atom is 0.139 e. The number of phenols is 1. The maximum atomic E-state index is 13.6. The molecule has 6 heteroatoms. The topological polar surface area (TPSA) is 64.1 Å². The lowest BCUT2D eigenvalue weighted by atomic mass is 10.0. The highest BCUT2D eigenvalue weighted by molar-refractivity contribution is 9.10. The lowest BCUT2D eigenvalue weighted by molar-refractivity contribution is 0.470. The van der Waals surface area contributed by atoms with Gasteiger partial charge in [-0.15, -0.1) is 0 Å². The molecule has 0 aliphatic rings. The van der Waals surface area contributed by atoms with Gasteiger partial charge in [0.05, 0.1) is 15.7 Å². The molecule has 90 valence electrons. The summed E-state index contributed by atoms with van der Waals surface area (Å²) >= 11 is 3.10. The molecule has 3 N–H and O–H groups in total. The predicted molar refractivity (Wildman–Crippen MR) is 67.1 cm³/mol. The van der Waals surface area contributed by atoms with Gasteiger partial charge in [-0.05, 0) is 34.5 Å². The summed E-state index contributed by atoms with van der Waals surface area (Å²) in [6.07, 6.45) is 0. The van der Waals surface area contributed by atoms with Gasteiger partial charge in [-0.3, -0.25) is 4.68 Å². The fourth-order valence-electron chi connectivity index (χ4n) is 1.62. The number of benzene rings is 1. The van der Waals surface area contributed by atoms with Crippen LogP contribution in [-0.4, -0.2) is 14.9 Å². The van der Waals surface area contributed by atoms with E-state index in [0.717, 1.165) is 0 Å². The van der Waals surface area contributed by atoms with Crippen molar-refractivity contribution >= 4 is 21.7 Å². The molecule has 17 heavy (non-hydrogen) atoms. The molecule has 0 unspecified atom stereocenters. The van der Waals surface area contributed by atoms with Crippen LogP contribution in [-0.2, 0) is 7.05 Å². The van der Waals surface area contributed by atoms with Gasteiger partial charge in [-0.1, -0.05) is 0 Å². The summed E-state index contributed by atoms with van der Waals surface area (Å²) in [5, 5.41) is 14.1. The number of aromatic nitrogens is 2. The minimum absolute atomic E-state index is 0.0398. The Bertz CT molecular complexity index is 549. The van der Waals surface area contributed by atoms with E-state index in [0.29, 0.717) is 27.1 Å². The smallest absolute Gasteiger partial charge is 0.139 e. The first-order valence-corrected chi connectivity index (χ1v) is 5.68. The van der Waals surface area contributed by atoms with Crippen molar-refractivity contribution in [2.24, 2.45) is 7.05 Å². The van der Waals surface area contributed by atoms with Crippen LogP contribution in [0.4, 0.5) is 10.2 Å². The van der Waals surface area contributed by atoms with E-state index in [9.17, 15) is 9.50 Å². The number of nitrogens with zero attached hydrogens (tertiary/aromatic N) is 2. The highest BCUT2D eigenvalue weighted by Gasteiger charge is 2.18. The Morgan fingerprint density at radius 2 is 2.12 bits per heavy atom. The van der Waals surface area contributed by atoms with E-state index in [-0.39, 0.29) is 5.75 Å². The van der Waals surface area contributed by atoms with Crippen molar-refractivity contribution < 1.29 is 9.50 Å². The summed E-state index contributed by atoms with van der Waals surface area (Å²) < 4.78 is 15.4. The molecule has 4 nitrogen and oxygen atoms in total. The largest absolute Gasteiger partial charge is 0.506 e. The quantitative estimate of drug-likeness (QED) is 0.851. The lowest BCUT2D eigenvalue weighted by Gasteiger charge is -2.08. The number of hydrogen-bond acceptors (Lipinski definition) is 3. The van der Waals surface area contributed by atoms with Crippen LogP contribution in [0.1, 0.15) is 5.56 Å². The summed E-state index contributed by atoms with van der Waals surface area (Å²) in [5.41, 5.74) is 6.80. The normalized spacial score (nSPS) is 10.8. The first-order valence-electron chi connectivity index (χ1n) is 4.89. The van der Waals surface area contributed by atoms with Gasteiger partial charge in [0.2, 0.25) is 0 Å². The van der Waals surface area contributed by atoms with Gasteiger partial charge in [0.15, 0.2) is 0 Å². The molecule has 0 radical (unpaired) electrons. The second-order valence-corrected chi connectivity index (χ2v) is 4.62. The summed E-state index contributed by atoms with van der Waals surface area (Å²) in [4.78, 5) is 0. The molecule has 2 aromatic rings. The number of phenolic OH excluding ortho intramolecular Hbond substituents is 1. The minimum atomic E-state index is -0.408. The van der Waals surface area contributed by atoms with Gasteiger partial charge < -0.3 is 10.8 Å². The molecule has 0 amide bonds. The minimum Gasteiger partial charge on any atom is -0.506 e. The third kappa shape index (κ3) is 1.88. The number of rotatable bonds is 1.